The topological polar surface area (TPSA) is 94.6 Å². The second-order valence-electron chi connectivity index (χ2n) is 5.33. The van der Waals surface area contributed by atoms with Gasteiger partial charge in [-0.05, 0) is 36.4 Å². The number of halogens is 4. The van der Waals surface area contributed by atoms with Gasteiger partial charge in [-0.2, -0.15) is 13.2 Å². The molecule has 1 aromatic carbocycles. The molecule has 0 spiro atoms. The summed E-state index contributed by atoms with van der Waals surface area (Å²) in [4.78, 5) is 23.3. The van der Waals surface area contributed by atoms with Gasteiger partial charge in [0.15, 0.2) is 0 Å². The van der Waals surface area contributed by atoms with Crippen molar-refractivity contribution in [1.82, 2.24) is 4.57 Å². The number of nitrogens with two attached hydrogens (primary N) is 1. The number of carbonyl (C=O) groups is 1. The third-order valence-electron chi connectivity index (χ3n) is 3.38. The number of alkyl halides is 3. The predicted molar refractivity (Wildman–Crippen MR) is 89.9 cm³/mol. The van der Waals surface area contributed by atoms with Gasteiger partial charge in [-0.15, -0.1) is 0 Å². The fourth-order valence-electron chi connectivity index (χ4n) is 2.18. The summed E-state index contributed by atoms with van der Waals surface area (Å²) in [5.41, 5.74) is 1.87. The van der Waals surface area contributed by atoms with Crippen molar-refractivity contribution in [2.45, 2.75) is 18.8 Å². The first-order chi connectivity index (χ1) is 12.1. The molecule has 0 aliphatic carbocycles. The molecule has 0 radical (unpaired) electrons. The quantitative estimate of drug-likeness (QED) is 0.728. The Morgan fingerprint density at radius 1 is 1.23 bits per heavy atom. The van der Waals surface area contributed by atoms with Gasteiger partial charge in [0.25, 0.3) is 11.5 Å². The lowest BCUT2D eigenvalue weighted by atomic mass is 10.2. The SMILES string of the molecule is NC(=O)c1ccc(C(F)(F)F)n(CC(O)COc2ccc(Br)cc2)c1=O. The molecule has 2 rings (SSSR count). The molecule has 140 valence electrons. The highest BCUT2D eigenvalue weighted by atomic mass is 79.9. The van der Waals surface area contributed by atoms with Crippen LogP contribution in [0.25, 0.3) is 0 Å². The molecule has 1 heterocycles. The predicted octanol–water partition coefficient (Wildman–Crippen LogP) is 2.17. The van der Waals surface area contributed by atoms with E-state index in [-0.39, 0.29) is 11.2 Å². The van der Waals surface area contributed by atoms with Crippen LogP contribution in [0.1, 0.15) is 16.1 Å². The number of hydrogen-bond donors (Lipinski definition) is 2. The van der Waals surface area contributed by atoms with Gasteiger partial charge in [0.2, 0.25) is 0 Å². The van der Waals surface area contributed by atoms with Gasteiger partial charge >= 0.3 is 6.18 Å². The number of nitrogens with zero attached hydrogens (tertiary/aromatic N) is 1. The van der Waals surface area contributed by atoms with Crippen LogP contribution in [0.5, 0.6) is 5.75 Å². The molecular weight excluding hydrogens is 421 g/mol. The summed E-state index contributed by atoms with van der Waals surface area (Å²) in [7, 11) is 0. The van der Waals surface area contributed by atoms with Gasteiger partial charge in [-0.1, -0.05) is 15.9 Å². The maximum Gasteiger partial charge on any atom is 0.431 e. The Morgan fingerprint density at radius 3 is 2.38 bits per heavy atom. The molecule has 0 aliphatic heterocycles. The molecule has 1 amide bonds. The molecule has 3 N–H and O–H groups in total. The summed E-state index contributed by atoms with van der Waals surface area (Å²) in [6.07, 6.45) is -6.28. The summed E-state index contributed by atoms with van der Waals surface area (Å²) in [6, 6.07) is 7.85. The second-order valence-corrected chi connectivity index (χ2v) is 6.24. The molecule has 1 atom stereocenters. The molecule has 26 heavy (non-hydrogen) atoms. The van der Waals surface area contributed by atoms with E-state index in [9.17, 15) is 27.9 Å². The Bertz CT molecular complexity index is 850. The van der Waals surface area contributed by atoms with Crippen LogP contribution in [0.2, 0.25) is 0 Å². The fraction of sp³-hybridized carbons (Fsp3) is 0.250. The Kier molecular flexibility index (Phi) is 6.09. The third kappa shape index (κ3) is 4.85. The highest BCUT2D eigenvalue weighted by Gasteiger charge is 2.35. The maximum atomic E-state index is 13.1. The molecule has 1 aromatic heterocycles. The smallest absolute Gasteiger partial charge is 0.431 e. The zero-order valence-electron chi connectivity index (χ0n) is 13.2. The van der Waals surface area contributed by atoms with Crippen molar-refractivity contribution in [3.63, 3.8) is 0 Å². The number of ether oxygens (including phenoxy) is 1. The lowest BCUT2D eigenvalue weighted by Gasteiger charge is -2.19. The van der Waals surface area contributed by atoms with Gasteiger partial charge in [0.05, 0.1) is 6.54 Å². The van der Waals surface area contributed by atoms with Crippen LogP contribution in [0.3, 0.4) is 0 Å². The number of amides is 1. The van der Waals surface area contributed by atoms with Crippen molar-refractivity contribution in [3.05, 3.63) is 62.5 Å². The third-order valence-corrected chi connectivity index (χ3v) is 3.91. The minimum absolute atomic E-state index is 0.274. The molecule has 0 fully saturated rings. The van der Waals surface area contributed by atoms with Gasteiger partial charge in [-0.3, -0.25) is 9.59 Å². The molecule has 0 bridgehead atoms. The Hall–Kier alpha value is -2.33. The lowest BCUT2D eigenvalue weighted by molar-refractivity contribution is -0.144. The van der Waals surface area contributed by atoms with Crippen LogP contribution in [0.4, 0.5) is 13.2 Å². The van der Waals surface area contributed by atoms with Crippen molar-refractivity contribution >= 4 is 21.8 Å². The number of aliphatic hydroxyl groups is 1. The second kappa shape index (κ2) is 7.92. The first-order valence-corrected chi connectivity index (χ1v) is 8.06. The standard InChI is InChI=1S/C16H14BrF3N2O4/c17-9-1-3-11(4-2-9)26-8-10(23)7-22-13(16(18,19)20)6-5-12(14(21)24)15(22)25/h1-6,10,23H,7-8H2,(H2,21,24). The van der Waals surface area contributed by atoms with Crippen molar-refractivity contribution in [1.29, 1.82) is 0 Å². The van der Waals surface area contributed by atoms with Crippen LogP contribution in [-0.4, -0.2) is 28.3 Å². The number of aliphatic hydroxyl groups excluding tert-OH is 1. The van der Waals surface area contributed by atoms with Crippen molar-refractivity contribution in [2.24, 2.45) is 5.73 Å². The molecule has 6 nitrogen and oxygen atoms in total. The number of primary amides is 1. The van der Waals surface area contributed by atoms with E-state index in [1.807, 2.05) is 0 Å². The van der Waals surface area contributed by atoms with Crippen LogP contribution in [-0.2, 0) is 12.7 Å². The van der Waals surface area contributed by atoms with E-state index in [2.05, 4.69) is 15.9 Å². The monoisotopic (exact) mass is 434 g/mol. The van der Waals surface area contributed by atoms with E-state index >= 15 is 0 Å². The zero-order valence-corrected chi connectivity index (χ0v) is 14.8. The van der Waals surface area contributed by atoms with Crippen LogP contribution in [0.15, 0.2) is 45.7 Å². The highest BCUT2D eigenvalue weighted by Crippen LogP contribution is 2.28. The summed E-state index contributed by atoms with van der Waals surface area (Å²) < 4.78 is 45.7. The van der Waals surface area contributed by atoms with Crippen molar-refractivity contribution in [2.75, 3.05) is 6.61 Å². The average molecular weight is 435 g/mol. The summed E-state index contributed by atoms with van der Waals surface area (Å²) >= 11 is 3.24. The normalized spacial score (nSPS) is 12.7. The Morgan fingerprint density at radius 2 is 1.85 bits per heavy atom. The zero-order chi connectivity index (χ0) is 19.5. The molecular formula is C16H14BrF3N2O4. The molecule has 0 saturated heterocycles. The minimum atomic E-state index is -4.85. The molecule has 0 aliphatic rings. The van der Waals surface area contributed by atoms with E-state index < -0.39 is 41.5 Å². The first-order valence-electron chi connectivity index (χ1n) is 7.27. The highest BCUT2D eigenvalue weighted by molar-refractivity contribution is 9.10. The lowest BCUT2D eigenvalue weighted by Crippen LogP contribution is -2.37. The Balaban J connectivity index is 2.23. The average Bonchev–Trinajstić information content (AvgIpc) is 2.54. The summed E-state index contributed by atoms with van der Waals surface area (Å²) in [6.45, 7) is -1.07. The number of carbonyl (C=O) groups excluding carboxylic acids is 1. The largest absolute Gasteiger partial charge is 0.491 e. The van der Waals surface area contributed by atoms with Gasteiger partial charge in [0, 0.05) is 4.47 Å². The Labute approximate surface area is 154 Å². The van der Waals surface area contributed by atoms with Gasteiger partial charge in [-0.25, -0.2) is 0 Å². The first kappa shape index (κ1) is 20.0. The van der Waals surface area contributed by atoms with E-state index in [1.54, 1.807) is 24.3 Å². The molecule has 2 aromatic rings. The summed E-state index contributed by atoms with van der Waals surface area (Å²) in [5, 5.41) is 9.99. The van der Waals surface area contributed by atoms with E-state index in [0.29, 0.717) is 17.9 Å². The molecule has 1 unspecified atom stereocenters. The number of aromatic nitrogens is 1. The van der Waals surface area contributed by atoms with E-state index in [1.165, 1.54) is 0 Å². The number of pyridine rings is 1. The van der Waals surface area contributed by atoms with Crippen molar-refractivity contribution < 1.29 is 27.8 Å². The maximum absolute atomic E-state index is 13.1. The number of hydrogen-bond acceptors (Lipinski definition) is 4. The molecule has 10 heteroatoms. The minimum Gasteiger partial charge on any atom is -0.491 e. The number of rotatable bonds is 6. The number of benzene rings is 1. The van der Waals surface area contributed by atoms with Gasteiger partial charge < -0.3 is 20.1 Å². The molecule has 0 saturated carbocycles. The van der Waals surface area contributed by atoms with E-state index in [0.717, 1.165) is 4.47 Å². The van der Waals surface area contributed by atoms with Crippen LogP contribution < -0.4 is 16.0 Å². The van der Waals surface area contributed by atoms with Crippen LogP contribution in [0, 0.1) is 0 Å². The van der Waals surface area contributed by atoms with Gasteiger partial charge in [0.1, 0.15) is 29.7 Å². The van der Waals surface area contributed by atoms with E-state index in [4.69, 9.17) is 10.5 Å². The summed E-state index contributed by atoms with van der Waals surface area (Å²) in [5.74, 6) is -0.764. The van der Waals surface area contributed by atoms with Crippen molar-refractivity contribution in [3.8, 4) is 5.75 Å². The van der Waals surface area contributed by atoms with Crippen LogP contribution >= 0.6 is 15.9 Å². The fourth-order valence-corrected chi connectivity index (χ4v) is 2.45.